The Bertz CT molecular complexity index is 935. The molecule has 0 radical (unpaired) electrons. The van der Waals surface area contributed by atoms with Gasteiger partial charge in [0.05, 0.1) is 0 Å². The van der Waals surface area contributed by atoms with E-state index in [-0.39, 0.29) is 6.17 Å². The third-order valence-electron chi connectivity index (χ3n) is 5.16. The standard InChI is InChI=1S/C21H19N3S/c25-21-23-15-7-14-22(23)20(24(21)17-10-2-1-3-11-17)19-13-6-9-16-8-4-5-12-18(16)19/h1-6,8-13,20H,7,14-15H2. The fourth-order valence-electron chi connectivity index (χ4n) is 4.07. The Kier molecular flexibility index (Phi) is 3.47. The van der Waals surface area contributed by atoms with Crippen molar-refractivity contribution >= 4 is 33.8 Å². The molecule has 0 amide bonds. The Labute approximate surface area is 153 Å². The van der Waals surface area contributed by atoms with E-state index >= 15 is 0 Å². The predicted octanol–water partition coefficient (Wildman–Crippen LogP) is 4.57. The molecule has 2 aliphatic rings. The summed E-state index contributed by atoms with van der Waals surface area (Å²) in [7, 11) is 0. The first-order valence-corrected chi connectivity index (χ1v) is 9.15. The molecule has 3 nitrogen and oxygen atoms in total. The van der Waals surface area contributed by atoms with Crippen LogP contribution in [-0.4, -0.2) is 28.2 Å². The molecular formula is C21H19N3S. The highest BCUT2D eigenvalue weighted by Crippen LogP contribution is 2.42. The van der Waals surface area contributed by atoms with Gasteiger partial charge in [0.25, 0.3) is 0 Å². The van der Waals surface area contributed by atoms with E-state index in [1.807, 2.05) is 0 Å². The summed E-state index contributed by atoms with van der Waals surface area (Å²) in [5.41, 5.74) is 2.47. The van der Waals surface area contributed by atoms with E-state index in [4.69, 9.17) is 12.2 Å². The predicted molar refractivity (Wildman–Crippen MR) is 106 cm³/mol. The number of hydrazine groups is 1. The van der Waals surface area contributed by atoms with Gasteiger partial charge in [0.1, 0.15) is 6.17 Å². The average Bonchev–Trinajstić information content (AvgIpc) is 3.24. The van der Waals surface area contributed by atoms with Crippen molar-refractivity contribution in [3.63, 3.8) is 0 Å². The first kappa shape index (κ1) is 14.9. The number of para-hydroxylation sites is 1. The molecule has 3 aromatic carbocycles. The molecule has 124 valence electrons. The van der Waals surface area contributed by atoms with Gasteiger partial charge in [-0.15, -0.1) is 0 Å². The molecule has 1 atom stereocenters. The van der Waals surface area contributed by atoms with Crippen molar-refractivity contribution in [1.29, 1.82) is 0 Å². The van der Waals surface area contributed by atoms with Crippen LogP contribution in [0.2, 0.25) is 0 Å². The summed E-state index contributed by atoms with van der Waals surface area (Å²) in [6.07, 6.45) is 1.27. The summed E-state index contributed by atoms with van der Waals surface area (Å²) in [5, 5.41) is 8.18. The zero-order valence-electron chi connectivity index (χ0n) is 13.9. The van der Waals surface area contributed by atoms with E-state index in [2.05, 4.69) is 87.7 Å². The van der Waals surface area contributed by atoms with E-state index in [1.54, 1.807) is 0 Å². The number of nitrogens with zero attached hydrogens (tertiary/aromatic N) is 3. The van der Waals surface area contributed by atoms with Gasteiger partial charge in [0.2, 0.25) is 0 Å². The lowest BCUT2D eigenvalue weighted by Gasteiger charge is -2.29. The molecule has 0 N–H and O–H groups in total. The molecule has 2 heterocycles. The van der Waals surface area contributed by atoms with Crippen LogP contribution in [0.5, 0.6) is 0 Å². The van der Waals surface area contributed by atoms with Gasteiger partial charge in [-0.3, -0.25) is 9.91 Å². The van der Waals surface area contributed by atoms with Crippen molar-refractivity contribution in [2.24, 2.45) is 0 Å². The molecule has 2 saturated heterocycles. The van der Waals surface area contributed by atoms with Crippen molar-refractivity contribution in [3.05, 3.63) is 78.4 Å². The van der Waals surface area contributed by atoms with Crippen LogP contribution < -0.4 is 4.90 Å². The molecule has 25 heavy (non-hydrogen) atoms. The normalized spacial score (nSPS) is 20.5. The first-order chi connectivity index (χ1) is 12.3. The minimum atomic E-state index is 0.114. The van der Waals surface area contributed by atoms with Crippen LogP contribution in [0.1, 0.15) is 18.2 Å². The number of rotatable bonds is 2. The molecule has 0 aromatic heterocycles. The highest BCUT2D eigenvalue weighted by atomic mass is 32.1. The molecule has 4 heteroatoms. The largest absolute Gasteiger partial charge is 0.296 e. The number of thiocarbonyl (C=S) groups is 1. The van der Waals surface area contributed by atoms with Gasteiger partial charge in [-0.05, 0) is 47.1 Å². The second-order valence-electron chi connectivity index (χ2n) is 6.57. The van der Waals surface area contributed by atoms with E-state index in [0.717, 1.165) is 30.3 Å². The number of benzene rings is 3. The molecule has 5 rings (SSSR count). The van der Waals surface area contributed by atoms with Gasteiger partial charge < -0.3 is 0 Å². The van der Waals surface area contributed by atoms with Gasteiger partial charge in [0.15, 0.2) is 5.11 Å². The lowest BCUT2D eigenvalue weighted by atomic mass is 10.0. The van der Waals surface area contributed by atoms with E-state index < -0.39 is 0 Å². The van der Waals surface area contributed by atoms with Gasteiger partial charge >= 0.3 is 0 Å². The van der Waals surface area contributed by atoms with E-state index in [1.165, 1.54) is 16.3 Å². The monoisotopic (exact) mass is 345 g/mol. The minimum absolute atomic E-state index is 0.114. The Morgan fingerprint density at radius 3 is 2.44 bits per heavy atom. The van der Waals surface area contributed by atoms with Crippen LogP contribution in [0.4, 0.5) is 5.69 Å². The summed E-state index contributed by atoms with van der Waals surface area (Å²) in [4.78, 5) is 2.30. The molecule has 3 aromatic rings. The lowest BCUT2D eigenvalue weighted by Crippen LogP contribution is -2.32. The van der Waals surface area contributed by atoms with Crippen LogP contribution in [-0.2, 0) is 0 Å². The highest BCUT2D eigenvalue weighted by Gasteiger charge is 2.45. The first-order valence-electron chi connectivity index (χ1n) is 8.74. The summed E-state index contributed by atoms with van der Waals surface area (Å²) in [6, 6.07) is 25.7. The van der Waals surface area contributed by atoms with Crippen LogP contribution in [0.3, 0.4) is 0 Å². The Balaban J connectivity index is 1.72. The number of anilines is 1. The third kappa shape index (κ3) is 2.25. The second-order valence-corrected chi connectivity index (χ2v) is 6.94. The Morgan fingerprint density at radius 2 is 1.56 bits per heavy atom. The lowest BCUT2D eigenvalue weighted by molar-refractivity contribution is 0.0930. The number of hydrogen-bond donors (Lipinski definition) is 0. The SMILES string of the molecule is S=C1N(c2ccccc2)C(c2cccc3ccccc23)N2CCCN12. The van der Waals surface area contributed by atoms with Gasteiger partial charge in [-0.1, -0.05) is 60.7 Å². The molecule has 2 aliphatic heterocycles. The maximum Gasteiger partial charge on any atom is 0.192 e. The molecule has 0 saturated carbocycles. The second kappa shape index (κ2) is 5.83. The molecular weight excluding hydrogens is 326 g/mol. The average molecular weight is 345 g/mol. The third-order valence-corrected chi connectivity index (χ3v) is 5.56. The van der Waals surface area contributed by atoms with Gasteiger partial charge in [0, 0.05) is 18.8 Å². The molecule has 0 aliphatic carbocycles. The van der Waals surface area contributed by atoms with Crippen LogP contribution in [0.15, 0.2) is 72.8 Å². The van der Waals surface area contributed by atoms with Crippen molar-refractivity contribution in [2.45, 2.75) is 12.6 Å². The van der Waals surface area contributed by atoms with Crippen molar-refractivity contribution in [2.75, 3.05) is 18.0 Å². The molecule has 2 fully saturated rings. The van der Waals surface area contributed by atoms with Gasteiger partial charge in [-0.25, -0.2) is 0 Å². The highest BCUT2D eigenvalue weighted by molar-refractivity contribution is 7.80. The Hall–Kier alpha value is -2.43. The fourth-order valence-corrected chi connectivity index (χ4v) is 4.47. The van der Waals surface area contributed by atoms with Crippen molar-refractivity contribution in [3.8, 4) is 0 Å². The van der Waals surface area contributed by atoms with Crippen LogP contribution in [0, 0.1) is 0 Å². The zero-order valence-corrected chi connectivity index (χ0v) is 14.7. The maximum absolute atomic E-state index is 5.87. The van der Waals surface area contributed by atoms with Crippen LogP contribution in [0.25, 0.3) is 10.8 Å². The number of fused-ring (bicyclic) bond motifs is 2. The maximum atomic E-state index is 5.87. The van der Waals surface area contributed by atoms with E-state index in [9.17, 15) is 0 Å². The zero-order chi connectivity index (χ0) is 16.8. The van der Waals surface area contributed by atoms with Crippen LogP contribution >= 0.6 is 12.2 Å². The van der Waals surface area contributed by atoms with Crippen molar-refractivity contribution < 1.29 is 0 Å². The summed E-state index contributed by atoms with van der Waals surface area (Å²) >= 11 is 5.87. The summed E-state index contributed by atoms with van der Waals surface area (Å²) < 4.78 is 0. The summed E-state index contributed by atoms with van der Waals surface area (Å²) in [6.45, 7) is 2.04. The van der Waals surface area contributed by atoms with Crippen molar-refractivity contribution in [1.82, 2.24) is 10.0 Å². The quantitative estimate of drug-likeness (QED) is 0.629. The van der Waals surface area contributed by atoms with Gasteiger partial charge in [-0.2, -0.15) is 5.01 Å². The fraction of sp³-hybridized carbons (Fsp3) is 0.190. The Morgan fingerprint density at radius 1 is 0.800 bits per heavy atom. The topological polar surface area (TPSA) is 9.72 Å². The molecule has 0 bridgehead atoms. The number of hydrogen-bond acceptors (Lipinski definition) is 2. The van der Waals surface area contributed by atoms with E-state index in [0.29, 0.717) is 0 Å². The molecule has 0 spiro atoms. The smallest absolute Gasteiger partial charge is 0.192 e. The minimum Gasteiger partial charge on any atom is -0.296 e. The molecule has 1 unspecified atom stereocenters. The summed E-state index contributed by atoms with van der Waals surface area (Å²) in [5.74, 6) is 0.